The molecule has 318 valence electrons. The maximum Gasteiger partial charge on any atom is 0.326 e. The van der Waals surface area contributed by atoms with Gasteiger partial charge in [-0.1, -0.05) is 41.5 Å². The fourth-order valence-corrected chi connectivity index (χ4v) is 5.11. The zero-order chi connectivity index (χ0) is 43.6. The maximum absolute atomic E-state index is 13.6. The number of nitrogens with two attached hydrogens (primary N) is 2. The van der Waals surface area contributed by atoms with Gasteiger partial charge in [-0.15, -0.1) is 0 Å². The molecule has 0 saturated carbocycles. The number of rotatable bonds is 26. The van der Waals surface area contributed by atoms with Gasteiger partial charge in [-0.05, 0) is 43.9 Å². The molecule has 0 bridgehead atoms. The lowest BCUT2D eigenvalue weighted by Gasteiger charge is -2.29. The van der Waals surface area contributed by atoms with Crippen LogP contribution >= 0.6 is 0 Å². The lowest BCUT2D eigenvalue weighted by atomic mass is 9.99. The maximum atomic E-state index is 13.6. The Morgan fingerprint density at radius 2 is 0.893 bits per heavy atom. The molecular weight excluding hydrogens is 744 g/mol. The fourth-order valence-electron chi connectivity index (χ4n) is 5.11. The van der Waals surface area contributed by atoms with E-state index in [-0.39, 0.29) is 5.92 Å². The van der Waals surface area contributed by atoms with Crippen molar-refractivity contribution in [3.05, 3.63) is 0 Å². The first kappa shape index (κ1) is 50.6. The lowest BCUT2D eigenvalue weighted by molar-refractivity contribution is -0.144. The average Bonchev–Trinajstić information content (AvgIpc) is 3.06. The Hall–Kier alpha value is -5.38. The molecule has 0 aliphatic carbocycles. The van der Waals surface area contributed by atoms with Crippen LogP contribution in [0.2, 0.25) is 0 Å². The molecule has 0 aromatic heterocycles. The molecule has 14 N–H and O–H groups in total. The van der Waals surface area contributed by atoms with Crippen molar-refractivity contribution in [2.75, 3.05) is 0 Å². The molecule has 0 aromatic carbocycles. The number of aliphatic carboxylic acids is 3. The van der Waals surface area contributed by atoms with Crippen LogP contribution in [0.15, 0.2) is 0 Å². The summed E-state index contributed by atoms with van der Waals surface area (Å²) in [6, 6.07) is -10.6. The summed E-state index contributed by atoms with van der Waals surface area (Å²) in [6.45, 7) is 10.9. The van der Waals surface area contributed by atoms with Crippen LogP contribution in [0.5, 0.6) is 0 Å². The Morgan fingerprint density at radius 1 is 0.518 bits per heavy atom. The number of carbonyl (C=O) groups excluding carboxylic acids is 7. The zero-order valence-corrected chi connectivity index (χ0v) is 32.6. The highest BCUT2D eigenvalue weighted by Crippen LogP contribution is 2.10. The summed E-state index contributed by atoms with van der Waals surface area (Å²) in [5, 5.41) is 51.6. The first-order valence-corrected chi connectivity index (χ1v) is 18.0. The minimum absolute atomic E-state index is 0.0616. The van der Waals surface area contributed by atoms with Crippen molar-refractivity contribution in [3.63, 3.8) is 0 Å². The van der Waals surface area contributed by atoms with E-state index in [4.69, 9.17) is 16.6 Å². The van der Waals surface area contributed by atoms with Gasteiger partial charge in [0.25, 0.3) is 0 Å². The Balaban J connectivity index is 6.27. The highest BCUT2D eigenvalue weighted by Gasteiger charge is 2.36. The summed E-state index contributed by atoms with van der Waals surface area (Å²) >= 11 is 0. The second-order valence-corrected chi connectivity index (χ2v) is 14.5. The SMILES string of the molecule is CC(C)C[C@H](N)C(=O)N[C@H](C(=O)N[C@@H](CC(N)=O)C(=O)N[C@@H](CCC(=O)O)C(=O)N[C@H](C(=O)N[C@H](C(=O)N[C@@H](CCC(=O)O)C(=O)O)[C@@H](C)O)C(C)C)C(C)C. The average molecular weight is 803 g/mol. The summed E-state index contributed by atoms with van der Waals surface area (Å²) in [6.07, 6.45) is -4.48. The fraction of sp³-hybridized carbons (Fsp3) is 0.706. The monoisotopic (exact) mass is 802 g/mol. The second-order valence-electron chi connectivity index (χ2n) is 14.5. The number of hydrogen-bond acceptors (Lipinski definition) is 12. The zero-order valence-electron chi connectivity index (χ0n) is 32.6. The molecule has 0 aromatic rings. The van der Waals surface area contributed by atoms with E-state index in [0.29, 0.717) is 6.42 Å². The second kappa shape index (κ2) is 24.2. The van der Waals surface area contributed by atoms with Crippen LogP contribution in [-0.4, -0.2) is 128 Å². The molecule has 22 heteroatoms. The highest BCUT2D eigenvalue weighted by atomic mass is 16.4. The van der Waals surface area contributed by atoms with Crippen LogP contribution in [-0.2, 0) is 47.9 Å². The summed E-state index contributed by atoms with van der Waals surface area (Å²) < 4.78 is 0. The van der Waals surface area contributed by atoms with E-state index in [2.05, 4.69) is 26.6 Å². The summed E-state index contributed by atoms with van der Waals surface area (Å²) in [7, 11) is 0. The van der Waals surface area contributed by atoms with Crippen molar-refractivity contribution in [1.82, 2.24) is 31.9 Å². The number of carboxylic acid groups (broad SMARTS) is 3. The Labute approximate surface area is 324 Å². The van der Waals surface area contributed by atoms with Gasteiger partial charge >= 0.3 is 17.9 Å². The summed E-state index contributed by atoms with van der Waals surface area (Å²) in [5.74, 6) is -12.6. The topological polar surface area (TPSA) is 376 Å². The van der Waals surface area contributed by atoms with Crippen LogP contribution in [0.25, 0.3) is 0 Å². The quantitative estimate of drug-likeness (QED) is 0.0407. The molecule has 7 amide bonds. The van der Waals surface area contributed by atoms with Crippen LogP contribution in [0.3, 0.4) is 0 Å². The predicted octanol–water partition coefficient (Wildman–Crippen LogP) is -3.35. The number of aliphatic hydroxyl groups excluding tert-OH is 1. The van der Waals surface area contributed by atoms with Gasteiger partial charge in [0.2, 0.25) is 41.4 Å². The third kappa shape index (κ3) is 18.8. The lowest BCUT2D eigenvalue weighted by Crippen LogP contribution is -2.62. The van der Waals surface area contributed by atoms with Gasteiger partial charge in [0.05, 0.1) is 18.6 Å². The van der Waals surface area contributed by atoms with E-state index in [0.717, 1.165) is 6.92 Å². The van der Waals surface area contributed by atoms with Gasteiger partial charge in [-0.25, -0.2) is 4.79 Å². The molecule has 0 spiro atoms. The van der Waals surface area contributed by atoms with Gasteiger partial charge in [0.1, 0.15) is 36.3 Å². The number of hydrogen-bond donors (Lipinski definition) is 12. The first-order valence-electron chi connectivity index (χ1n) is 18.0. The molecule has 0 fully saturated rings. The molecule has 0 heterocycles. The molecule has 0 radical (unpaired) electrons. The predicted molar refractivity (Wildman–Crippen MR) is 196 cm³/mol. The number of nitrogens with one attached hydrogen (secondary N) is 6. The van der Waals surface area contributed by atoms with E-state index in [9.17, 15) is 63.3 Å². The smallest absolute Gasteiger partial charge is 0.326 e. The van der Waals surface area contributed by atoms with Gasteiger partial charge in [-0.2, -0.15) is 0 Å². The molecule has 22 nitrogen and oxygen atoms in total. The minimum atomic E-state index is -1.79. The van der Waals surface area contributed by atoms with Crippen molar-refractivity contribution in [3.8, 4) is 0 Å². The van der Waals surface area contributed by atoms with Crippen molar-refractivity contribution in [1.29, 1.82) is 0 Å². The third-order valence-electron chi connectivity index (χ3n) is 8.20. The Kier molecular flexibility index (Phi) is 21.9. The molecule has 8 atom stereocenters. The van der Waals surface area contributed by atoms with E-state index < -0.39 is 152 Å². The molecule has 0 rings (SSSR count). The van der Waals surface area contributed by atoms with Crippen LogP contribution in [0, 0.1) is 17.8 Å². The van der Waals surface area contributed by atoms with Crippen molar-refractivity contribution >= 4 is 59.3 Å². The standard InChI is InChI=1S/C34H58N8O14/c1-14(2)12-18(35)28(49)40-25(15(3)4)31(52)39-21(13-22(36)44)30(51)37-19(8-10-23(45)46)29(50)41-26(16(5)6)32(53)42-27(17(7)43)33(54)38-20(34(55)56)9-11-24(47)48/h14-21,25-27,43H,8-13,35H2,1-7H3,(H2,36,44)(H,37,51)(H,38,54)(H,39,52)(H,40,49)(H,41,50)(H,42,53)(H,45,46)(H,47,48)(H,55,56)/t17-,18+,19+,20+,21+,25+,26+,27+/m1/s1. The summed E-state index contributed by atoms with van der Waals surface area (Å²) in [5.41, 5.74) is 11.3. The third-order valence-corrected chi connectivity index (χ3v) is 8.20. The number of aliphatic hydroxyl groups is 1. The molecule has 0 unspecified atom stereocenters. The number of amides is 7. The van der Waals surface area contributed by atoms with E-state index in [1.54, 1.807) is 13.8 Å². The Bertz CT molecular complexity index is 1440. The largest absolute Gasteiger partial charge is 0.481 e. The number of primary amides is 1. The van der Waals surface area contributed by atoms with E-state index >= 15 is 0 Å². The molecule has 56 heavy (non-hydrogen) atoms. The normalized spacial score (nSPS) is 15.5. The van der Waals surface area contributed by atoms with Crippen molar-refractivity contribution < 1.29 is 68.4 Å². The molecule has 0 aliphatic heterocycles. The van der Waals surface area contributed by atoms with Crippen LogP contribution < -0.4 is 43.4 Å². The molecular formula is C34H58N8O14. The first-order chi connectivity index (χ1) is 25.8. The van der Waals surface area contributed by atoms with Gasteiger partial charge < -0.3 is 63.8 Å². The molecule has 0 saturated heterocycles. The van der Waals surface area contributed by atoms with E-state index in [1.807, 2.05) is 19.2 Å². The van der Waals surface area contributed by atoms with Gasteiger partial charge in [0, 0.05) is 12.8 Å². The Morgan fingerprint density at radius 3 is 1.30 bits per heavy atom. The van der Waals surface area contributed by atoms with Gasteiger partial charge in [-0.3, -0.25) is 43.2 Å². The van der Waals surface area contributed by atoms with Crippen LogP contribution in [0.4, 0.5) is 0 Å². The number of carboxylic acids is 3. The minimum Gasteiger partial charge on any atom is -0.481 e. The van der Waals surface area contributed by atoms with Crippen molar-refractivity contribution in [2.24, 2.45) is 29.2 Å². The summed E-state index contributed by atoms with van der Waals surface area (Å²) in [4.78, 5) is 125. The van der Waals surface area contributed by atoms with Crippen molar-refractivity contribution in [2.45, 2.75) is 135 Å². The molecule has 0 aliphatic rings. The number of carbonyl (C=O) groups is 10. The van der Waals surface area contributed by atoms with Gasteiger partial charge in [0.15, 0.2) is 0 Å². The van der Waals surface area contributed by atoms with E-state index in [1.165, 1.54) is 13.8 Å². The highest BCUT2D eigenvalue weighted by molar-refractivity contribution is 5.98. The van der Waals surface area contributed by atoms with Crippen LogP contribution in [0.1, 0.15) is 87.0 Å².